The van der Waals surface area contributed by atoms with Gasteiger partial charge in [0.2, 0.25) is 0 Å². The van der Waals surface area contributed by atoms with Crippen molar-refractivity contribution in [1.29, 1.82) is 0 Å². The van der Waals surface area contributed by atoms with E-state index in [0.29, 0.717) is 18.2 Å². The number of hydrogen-bond donors (Lipinski definition) is 1. The summed E-state index contributed by atoms with van der Waals surface area (Å²) in [4.78, 5) is 26.7. The maximum absolute atomic E-state index is 13.7. The third-order valence-corrected chi connectivity index (χ3v) is 4.20. The predicted octanol–water partition coefficient (Wildman–Crippen LogP) is 4.88. The van der Waals surface area contributed by atoms with Crippen molar-refractivity contribution in [3.63, 3.8) is 0 Å². The topological polar surface area (TPSA) is 49.4 Å². The molecular weight excluding hydrogens is 362 g/mol. The van der Waals surface area contributed by atoms with Crippen molar-refractivity contribution in [1.82, 2.24) is 0 Å². The summed E-state index contributed by atoms with van der Waals surface area (Å²) in [5, 5.41) is 2.39. The van der Waals surface area contributed by atoms with Crippen LogP contribution in [-0.4, -0.2) is 18.4 Å². The van der Waals surface area contributed by atoms with Gasteiger partial charge in [0.25, 0.3) is 11.8 Å². The van der Waals surface area contributed by atoms with Gasteiger partial charge in [0.05, 0.1) is 5.69 Å². The molecule has 0 unspecified atom stereocenters. The monoisotopic (exact) mass is 380 g/mol. The molecule has 28 heavy (non-hydrogen) atoms. The van der Waals surface area contributed by atoms with E-state index in [9.17, 15) is 18.4 Å². The van der Waals surface area contributed by atoms with Gasteiger partial charge in [-0.05, 0) is 55.5 Å². The number of carbonyl (C=O) groups excluding carboxylic acids is 2. The number of carbonyl (C=O) groups is 2. The Morgan fingerprint density at radius 2 is 1.54 bits per heavy atom. The number of rotatable bonds is 5. The molecule has 3 aromatic carbocycles. The highest BCUT2D eigenvalue weighted by molar-refractivity contribution is 6.08. The van der Waals surface area contributed by atoms with Crippen molar-refractivity contribution in [3.05, 3.63) is 95.6 Å². The van der Waals surface area contributed by atoms with E-state index in [2.05, 4.69) is 5.32 Å². The van der Waals surface area contributed by atoms with E-state index in [-0.39, 0.29) is 17.2 Å². The lowest BCUT2D eigenvalue weighted by atomic mass is 10.1. The van der Waals surface area contributed by atoms with Crippen molar-refractivity contribution in [2.45, 2.75) is 6.92 Å². The van der Waals surface area contributed by atoms with Gasteiger partial charge in [-0.2, -0.15) is 0 Å². The van der Waals surface area contributed by atoms with Gasteiger partial charge < -0.3 is 10.2 Å². The van der Waals surface area contributed by atoms with E-state index >= 15 is 0 Å². The third-order valence-electron chi connectivity index (χ3n) is 4.20. The molecule has 0 saturated carbocycles. The largest absolute Gasteiger partial charge is 0.319 e. The van der Waals surface area contributed by atoms with Crippen LogP contribution in [0.3, 0.4) is 0 Å². The molecule has 0 saturated heterocycles. The average Bonchev–Trinajstić information content (AvgIpc) is 2.71. The summed E-state index contributed by atoms with van der Waals surface area (Å²) in [6.45, 7) is 2.37. The molecule has 0 aliphatic rings. The summed E-state index contributed by atoms with van der Waals surface area (Å²) in [5.74, 6) is -2.33. The molecule has 142 valence electrons. The Morgan fingerprint density at radius 1 is 0.893 bits per heavy atom. The number of para-hydroxylation sites is 1. The molecule has 0 aliphatic carbocycles. The molecule has 6 heteroatoms. The molecule has 0 spiro atoms. The Balaban J connectivity index is 1.75. The summed E-state index contributed by atoms with van der Waals surface area (Å²) in [6, 6.07) is 18.3. The molecule has 0 bridgehead atoms. The number of hydrogen-bond acceptors (Lipinski definition) is 2. The highest BCUT2D eigenvalue weighted by Gasteiger charge is 2.17. The quantitative estimate of drug-likeness (QED) is 0.686. The molecule has 3 rings (SSSR count). The van der Waals surface area contributed by atoms with E-state index in [1.807, 2.05) is 37.3 Å². The number of nitrogens with zero attached hydrogens (tertiary/aromatic N) is 1. The highest BCUT2D eigenvalue weighted by Crippen LogP contribution is 2.19. The number of anilines is 2. The van der Waals surface area contributed by atoms with Crippen LogP contribution in [0, 0.1) is 11.6 Å². The fraction of sp³-hybridized carbons (Fsp3) is 0.0909. The van der Waals surface area contributed by atoms with E-state index in [1.165, 1.54) is 12.1 Å². The first-order valence-electron chi connectivity index (χ1n) is 8.73. The van der Waals surface area contributed by atoms with Crippen molar-refractivity contribution in [2.75, 3.05) is 16.8 Å². The summed E-state index contributed by atoms with van der Waals surface area (Å²) in [7, 11) is 0. The van der Waals surface area contributed by atoms with Gasteiger partial charge in [-0.25, -0.2) is 8.78 Å². The number of benzene rings is 3. The maximum Gasteiger partial charge on any atom is 0.258 e. The van der Waals surface area contributed by atoms with Crippen LogP contribution in [0.4, 0.5) is 20.2 Å². The fourth-order valence-electron chi connectivity index (χ4n) is 2.76. The molecule has 1 N–H and O–H groups in total. The van der Waals surface area contributed by atoms with Crippen LogP contribution in [0.15, 0.2) is 72.8 Å². The minimum atomic E-state index is -0.860. The molecule has 0 aromatic heterocycles. The van der Waals surface area contributed by atoms with Crippen molar-refractivity contribution in [3.8, 4) is 0 Å². The minimum absolute atomic E-state index is 0.118. The zero-order valence-electron chi connectivity index (χ0n) is 15.2. The van der Waals surface area contributed by atoms with Crippen LogP contribution in [0.1, 0.15) is 27.6 Å². The first kappa shape index (κ1) is 19.2. The second-order valence-electron chi connectivity index (χ2n) is 6.04. The summed E-state index contributed by atoms with van der Waals surface area (Å²) in [6.07, 6.45) is 0. The normalized spacial score (nSPS) is 10.4. The van der Waals surface area contributed by atoms with Gasteiger partial charge in [0.1, 0.15) is 11.6 Å². The Bertz CT molecular complexity index is 989. The summed E-state index contributed by atoms with van der Waals surface area (Å²) < 4.78 is 26.6. The third kappa shape index (κ3) is 4.23. The average molecular weight is 380 g/mol. The first-order valence-corrected chi connectivity index (χ1v) is 8.73. The Morgan fingerprint density at radius 3 is 2.14 bits per heavy atom. The molecule has 0 radical (unpaired) electrons. The van der Waals surface area contributed by atoms with Crippen molar-refractivity contribution < 1.29 is 18.4 Å². The second-order valence-corrected chi connectivity index (χ2v) is 6.04. The van der Waals surface area contributed by atoms with E-state index < -0.39 is 17.5 Å². The number of nitrogens with one attached hydrogen (secondary N) is 1. The lowest BCUT2D eigenvalue weighted by molar-refractivity contribution is 0.0985. The van der Waals surface area contributed by atoms with Gasteiger partial charge in [-0.1, -0.05) is 18.2 Å². The second kappa shape index (κ2) is 8.43. The fourth-order valence-corrected chi connectivity index (χ4v) is 2.76. The molecular formula is C22H18F2N2O2. The number of amides is 2. The van der Waals surface area contributed by atoms with Crippen LogP contribution < -0.4 is 10.2 Å². The minimum Gasteiger partial charge on any atom is -0.319 e. The predicted molar refractivity (Wildman–Crippen MR) is 105 cm³/mol. The van der Waals surface area contributed by atoms with Crippen LogP contribution in [0.2, 0.25) is 0 Å². The van der Waals surface area contributed by atoms with Gasteiger partial charge in [0, 0.05) is 29.4 Å². The first-order chi connectivity index (χ1) is 13.5. The zero-order chi connectivity index (χ0) is 20.1. The maximum atomic E-state index is 13.7. The summed E-state index contributed by atoms with van der Waals surface area (Å²) in [5.41, 5.74) is 1.34. The molecule has 3 aromatic rings. The smallest absolute Gasteiger partial charge is 0.258 e. The standard InChI is InChI=1S/C22H18F2N2O2/c1-2-26(18-6-4-3-5-7-18)22(28)16-10-8-15(9-11-16)21(27)25-20-13-12-17(23)14-19(20)24/h3-14H,2H2,1H3,(H,25,27). The van der Waals surface area contributed by atoms with E-state index in [4.69, 9.17) is 0 Å². The van der Waals surface area contributed by atoms with Gasteiger partial charge in [0.15, 0.2) is 0 Å². The SMILES string of the molecule is CCN(C(=O)c1ccc(C(=O)Nc2ccc(F)cc2F)cc1)c1ccccc1. The lowest BCUT2D eigenvalue weighted by Crippen LogP contribution is -2.30. The Labute approximate surface area is 161 Å². The Kier molecular flexibility index (Phi) is 5.79. The molecule has 0 heterocycles. The van der Waals surface area contributed by atoms with Crippen LogP contribution in [0.25, 0.3) is 0 Å². The lowest BCUT2D eigenvalue weighted by Gasteiger charge is -2.21. The highest BCUT2D eigenvalue weighted by atomic mass is 19.1. The van der Waals surface area contributed by atoms with Gasteiger partial charge in [-0.15, -0.1) is 0 Å². The molecule has 2 amide bonds. The van der Waals surface area contributed by atoms with E-state index in [1.54, 1.807) is 17.0 Å². The van der Waals surface area contributed by atoms with Crippen molar-refractivity contribution >= 4 is 23.2 Å². The zero-order valence-corrected chi connectivity index (χ0v) is 15.2. The van der Waals surface area contributed by atoms with E-state index in [0.717, 1.165) is 17.8 Å². The van der Waals surface area contributed by atoms with Crippen LogP contribution in [-0.2, 0) is 0 Å². The van der Waals surface area contributed by atoms with Gasteiger partial charge >= 0.3 is 0 Å². The van der Waals surface area contributed by atoms with Gasteiger partial charge in [-0.3, -0.25) is 9.59 Å². The molecule has 0 atom stereocenters. The Hall–Kier alpha value is -3.54. The number of halogens is 2. The molecule has 4 nitrogen and oxygen atoms in total. The van der Waals surface area contributed by atoms with Crippen LogP contribution >= 0.6 is 0 Å². The molecule has 0 fully saturated rings. The summed E-state index contributed by atoms with van der Waals surface area (Å²) >= 11 is 0. The van der Waals surface area contributed by atoms with Crippen LogP contribution in [0.5, 0.6) is 0 Å². The molecule has 0 aliphatic heterocycles. The van der Waals surface area contributed by atoms with Crippen molar-refractivity contribution in [2.24, 2.45) is 0 Å².